The first-order valence-electron chi connectivity index (χ1n) is 4.61. The number of carboxylic acids is 1. The fourth-order valence-corrected chi connectivity index (χ4v) is 1.74. The van der Waals surface area contributed by atoms with Crippen molar-refractivity contribution in [3.63, 3.8) is 0 Å². The van der Waals surface area contributed by atoms with Crippen LogP contribution in [0.3, 0.4) is 0 Å². The van der Waals surface area contributed by atoms with Crippen molar-refractivity contribution in [2.45, 2.75) is 0 Å². The van der Waals surface area contributed by atoms with Crippen molar-refractivity contribution in [1.29, 1.82) is 0 Å². The molecular formula is C12H8ClNO2. The Bertz CT molecular complexity index is 578. The van der Waals surface area contributed by atoms with Crippen LogP contribution < -0.4 is 0 Å². The van der Waals surface area contributed by atoms with Gasteiger partial charge in [-0.25, -0.2) is 4.79 Å². The molecule has 0 fully saturated rings. The Morgan fingerprint density at radius 2 is 2.25 bits per heavy atom. The number of pyridine rings is 1. The monoisotopic (exact) mass is 233 g/mol. The van der Waals surface area contributed by atoms with E-state index in [0.29, 0.717) is 5.02 Å². The number of rotatable bonds is 2. The van der Waals surface area contributed by atoms with E-state index in [1.807, 2.05) is 6.07 Å². The third-order valence-corrected chi connectivity index (χ3v) is 2.37. The molecule has 1 N–H and O–H groups in total. The lowest BCUT2D eigenvalue weighted by atomic mass is 10.1. The minimum Gasteiger partial charge on any atom is -0.478 e. The molecule has 0 saturated carbocycles. The molecule has 4 heteroatoms. The number of nitrogens with zero attached hydrogens (tertiary/aromatic N) is 1. The van der Waals surface area contributed by atoms with Gasteiger partial charge in [0.05, 0.1) is 0 Å². The van der Waals surface area contributed by atoms with Crippen LogP contribution in [0.25, 0.3) is 16.8 Å². The van der Waals surface area contributed by atoms with E-state index in [2.05, 4.69) is 4.98 Å². The third kappa shape index (κ3) is 2.20. The predicted molar refractivity (Wildman–Crippen MR) is 63.4 cm³/mol. The molecule has 0 unspecified atom stereocenters. The van der Waals surface area contributed by atoms with Gasteiger partial charge in [0, 0.05) is 28.9 Å². The summed E-state index contributed by atoms with van der Waals surface area (Å²) in [7, 11) is 0. The highest BCUT2D eigenvalue weighted by molar-refractivity contribution is 6.31. The molecule has 1 aromatic heterocycles. The number of aromatic nitrogens is 1. The van der Waals surface area contributed by atoms with Crippen LogP contribution in [0.2, 0.25) is 5.02 Å². The van der Waals surface area contributed by atoms with Crippen LogP contribution in [0.4, 0.5) is 0 Å². The Kier molecular flexibility index (Phi) is 2.88. The summed E-state index contributed by atoms with van der Waals surface area (Å²) in [6.07, 6.45) is 5.97. The molecule has 2 aromatic rings. The van der Waals surface area contributed by atoms with E-state index in [9.17, 15) is 4.79 Å². The van der Waals surface area contributed by atoms with Crippen LogP contribution in [0.5, 0.6) is 0 Å². The van der Waals surface area contributed by atoms with E-state index in [4.69, 9.17) is 16.7 Å². The maximum Gasteiger partial charge on any atom is 0.328 e. The smallest absolute Gasteiger partial charge is 0.328 e. The summed E-state index contributed by atoms with van der Waals surface area (Å²) in [5.74, 6) is -0.984. The van der Waals surface area contributed by atoms with Crippen LogP contribution in [-0.2, 0) is 4.79 Å². The predicted octanol–water partition coefficient (Wildman–Crippen LogP) is 2.99. The molecule has 0 aliphatic rings. The number of fused-ring (bicyclic) bond motifs is 1. The number of aliphatic carboxylic acids is 1. The second kappa shape index (κ2) is 4.33. The van der Waals surface area contributed by atoms with Crippen molar-refractivity contribution < 1.29 is 9.90 Å². The molecular weight excluding hydrogens is 226 g/mol. The van der Waals surface area contributed by atoms with Crippen LogP contribution in [0, 0.1) is 0 Å². The molecule has 16 heavy (non-hydrogen) atoms. The van der Waals surface area contributed by atoms with E-state index >= 15 is 0 Å². The van der Waals surface area contributed by atoms with Gasteiger partial charge in [0.25, 0.3) is 0 Å². The van der Waals surface area contributed by atoms with Gasteiger partial charge in [0.1, 0.15) is 0 Å². The van der Waals surface area contributed by atoms with Crippen molar-refractivity contribution in [3.05, 3.63) is 47.3 Å². The van der Waals surface area contributed by atoms with E-state index in [1.54, 1.807) is 24.5 Å². The number of carboxylic acid groups (broad SMARTS) is 1. The van der Waals surface area contributed by atoms with Crippen LogP contribution >= 0.6 is 11.6 Å². The Balaban J connectivity index is 2.63. The SMILES string of the molecule is O=C(O)/C=C/c1cc(Cl)cc2cnccc12. The maximum atomic E-state index is 10.5. The normalized spacial score (nSPS) is 11.1. The summed E-state index contributed by atoms with van der Waals surface area (Å²) in [6.45, 7) is 0. The minimum absolute atomic E-state index is 0.561. The summed E-state index contributed by atoms with van der Waals surface area (Å²) in [5.41, 5.74) is 0.771. The molecule has 2 rings (SSSR count). The molecule has 3 nitrogen and oxygen atoms in total. The van der Waals surface area contributed by atoms with Crippen LogP contribution in [0.15, 0.2) is 36.7 Å². The van der Waals surface area contributed by atoms with Crippen molar-refractivity contribution >= 4 is 34.4 Å². The average molecular weight is 234 g/mol. The molecule has 1 aromatic carbocycles. The molecule has 0 aliphatic carbocycles. The Hall–Kier alpha value is -1.87. The summed E-state index contributed by atoms with van der Waals surface area (Å²) in [5, 5.41) is 11.0. The quantitative estimate of drug-likeness (QED) is 0.812. The van der Waals surface area contributed by atoms with E-state index in [0.717, 1.165) is 22.4 Å². The van der Waals surface area contributed by atoms with Gasteiger partial charge in [0.15, 0.2) is 0 Å². The molecule has 0 bridgehead atoms. The van der Waals surface area contributed by atoms with E-state index in [-0.39, 0.29) is 0 Å². The van der Waals surface area contributed by atoms with Gasteiger partial charge in [-0.3, -0.25) is 4.98 Å². The largest absolute Gasteiger partial charge is 0.478 e. The standard InChI is InChI=1S/C12H8ClNO2/c13-10-5-8(1-2-12(15)16)11-3-4-14-7-9(11)6-10/h1-7H,(H,15,16)/b2-1+. The lowest BCUT2D eigenvalue weighted by Gasteiger charge is -2.02. The van der Waals surface area contributed by atoms with E-state index < -0.39 is 5.97 Å². The lowest BCUT2D eigenvalue weighted by Crippen LogP contribution is -1.87. The highest BCUT2D eigenvalue weighted by atomic mass is 35.5. The van der Waals surface area contributed by atoms with Gasteiger partial charge in [-0.1, -0.05) is 11.6 Å². The highest BCUT2D eigenvalue weighted by Gasteiger charge is 2.01. The van der Waals surface area contributed by atoms with Crippen molar-refractivity contribution in [3.8, 4) is 0 Å². The first-order valence-corrected chi connectivity index (χ1v) is 4.99. The van der Waals surface area contributed by atoms with Crippen molar-refractivity contribution in [2.75, 3.05) is 0 Å². The number of halogens is 1. The molecule has 0 atom stereocenters. The summed E-state index contributed by atoms with van der Waals surface area (Å²) >= 11 is 5.93. The maximum absolute atomic E-state index is 10.5. The first kappa shape index (κ1) is 10.6. The number of benzene rings is 1. The van der Waals surface area contributed by atoms with Gasteiger partial charge in [-0.05, 0) is 35.2 Å². The molecule has 0 saturated heterocycles. The third-order valence-electron chi connectivity index (χ3n) is 2.16. The van der Waals surface area contributed by atoms with E-state index in [1.165, 1.54) is 6.08 Å². The fraction of sp³-hybridized carbons (Fsp3) is 0. The molecule has 80 valence electrons. The van der Waals surface area contributed by atoms with Crippen LogP contribution in [0.1, 0.15) is 5.56 Å². The molecule has 0 amide bonds. The second-order valence-electron chi connectivity index (χ2n) is 3.26. The number of hydrogen-bond acceptors (Lipinski definition) is 2. The Labute approximate surface area is 97.0 Å². The average Bonchev–Trinajstić information content (AvgIpc) is 2.25. The van der Waals surface area contributed by atoms with Crippen LogP contribution in [-0.4, -0.2) is 16.1 Å². The lowest BCUT2D eigenvalue weighted by molar-refractivity contribution is -0.131. The summed E-state index contributed by atoms with van der Waals surface area (Å²) in [4.78, 5) is 14.5. The zero-order valence-electron chi connectivity index (χ0n) is 8.22. The topological polar surface area (TPSA) is 50.2 Å². The Morgan fingerprint density at radius 1 is 1.44 bits per heavy atom. The van der Waals surface area contributed by atoms with Crippen molar-refractivity contribution in [1.82, 2.24) is 4.98 Å². The molecule has 0 spiro atoms. The van der Waals surface area contributed by atoms with Gasteiger partial charge in [-0.15, -0.1) is 0 Å². The zero-order chi connectivity index (χ0) is 11.5. The molecule has 0 radical (unpaired) electrons. The van der Waals surface area contributed by atoms with Gasteiger partial charge >= 0.3 is 5.97 Å². The fourth-order valence-electron chi connectivity index (χ4n) is 1.50. The zero-order valence-corrected chi connectivity index (χ0v) is 8.98. The second-order valence-corrected chi connectivity index (χ2v) is 3.70. The molecule has 1 heterocycles. The van der Waals surface area contributed by atoms with Crippen molar-refractivity contribution in [2.24, 2.45) is 0 Å². The van der Waals surface area contributed by atoms with Gasteiger partial charge in [0.2, 0.25) is 0 Å². The van der Waals surface area contributed by atoms with Gasteiger partial charge < -0.3 is 5.11 Å². The van der Waals surface area contributed by atoms with Gasteiger partial charge in [-0.2, -0.15) is 0 Å². The summed E-state index contributed by atoms with van der Waals surface area (Å²) in [6, 6.07) is 5.35. The summed E-state index contributed by atoms with van der Waals surface area (Å²) < 4.78 is 0. The number of hydrogen-bond donors (Lipinski definition) is 1. The minimum atomic E-state index is -0.984. The number of carbonyl (C=O) groups is 1. The Morgan fingerprint density at radius 3 is 3.00 bits per heavy atom. The molecule has 0 aliphatic heterocycles. The first-order chi connectivity index (χ1) is 7.66. The highest BCUT2D eigenvalue weighted by Crippen LogP contribution is 2.24.